The Kier molecular flexibility index (Phi) is 5.27. The fourth-order valence-corrected chi connectivity index (χ4v) is 1.18. The molecule has 0 N–H and O–H groups in total. The van der Waals surface area contributed by atoms with Crippen LogP contribution >= 0.6 is 0 Å². The molecule has 0 amide bonds. The summed E-state index contributed by atoms with van der Waals surface area (Å²) in [7, 11) is 0. The first kappa shape index (κ1) is 9.92. The third-order valence-electron chi connectivity index (χ3n) is 1.88. The van der Waals surface area contributed by atoms with Gasteiger partial charge in [-0.15, -0.1) is 0 Å². The minimum Gasteiger partial charge on any atom is -0.379 e. The summed E-state index contributed by atoms with van der Waals surface area (Å²) >= 11 is 0. The quantitative estimate of drug-likeness (QED) is 0.540. The molecule has 1 fully saturated rings. The zero-order valence-corrected chi connectivity index (χ0v) is 7.33. The Morgan fingerprint density at radius 3 is 2.67 bits per heavy atom. The van der Waals surface area contributed by atoms with Crippen LogP contribution < -0.4 is 0 Å². The molecule has 1 radical (unpaired) electrons. The molecule has 1 aliphatic rings. The van der Waals surface area contributed by atoms with E-state index in [9.17, 15) is 5.11 Å². The monoisotopic (exact) mass is 174 g/mol. The molecule has 4 nitrogen and oxygen atoms in total. The molecule has 0 bridgehead atoms. The SMILES string of the molecule is [O]CCOCCN1CCOCC1. The molecule has 0 aromatic rings. The van der Waals surface area contributed by atoms with Gasteiger partial charge in [-0.05, 0) is 0 Å². The minimum atomic E-state index is -0.136. The highest BCUT2D eigenvalue weighted by molar-refractivity contribution is 4.60. The van der Waals surface area contributed by atoms with Crippen molar-refractivity contribution >= 4 is 0 Å². The van der Waals surface area contributed by atoms with Crippen LogP contribution in [0.5, 0.6) is 0 Å². The van der Waals surface area contributed by atoms with Crippen molar-refractivity contribution in [3.8, 4) is 0 Å². The summed E-state index contributed by atoms with van der Waals surface area (Å²) in [5.41, 5.74) is 0. The van der Waals surface area contributed by atoms with Crippen molar-refractivity contribution in [3.63, 3.8) is 0 Å². The van der Waals surface area contributed by atoms with Crippen molar-refractivity contribution in [2.24, 2.45) is 0 Å². The fourth-order valence-electron chi connectivity index (χ4n) is 1.18. The zero-order chi connectivity index (χ0) is 8.65. The Morgan fingerprint density at radius 1 is 1.25 bits per heavy atom. The molecule has 71 valence electrons. The number of hydrogen-bond donors (Lipinski definition) is 0. The largest absolute Gasteiger partial charge is 0.379 e. The summed E-state index contributed by atoms with van der Waals surface area (Å²) < 4.78 is 10.3. The van der Waals surface area contributed by atoms with E-state index in [2.05, 4.69) is 4.90 Å². The Hall–Kier alpha value is -0.160. The van der Waals surface area contributed by atoms with Gasteiger partial charge in [-0.2, -0.15) is 0 Å². The summed E-state index contributed by atoms with van der Waals surface area (Å²) in [5.74, 6) is 0. The van der Waals surface area contributed by atoms with Crippen molar-refractivity contribution in [1.82, 2.24) is 4.90 Å². The van der Waals surface area contributed by atoms with Crippen LogP contribution in [-0.4, -0.2) is 57.6 Å². The standard InChI is InChI=1S/C8H16NO3/c10-4-8-12-7-3-9-1-5-11-6-2-9/h1-8H2. The van der Waals surface area contributed by atoms with Crippen LogP contribution in [0.3, 0.4) is 0 Å². The topological polar surface area (TPSA) is 41.6 Å². The van der Waals surface area contributed by atoms with E-state index in [0.29, 0.717) is 13.2 Å². The Labute approximate surface area is 73.1 Å². The van der Waals surface area contributed by atoms with Crippen LogP contribution in [0.15, 0.2) is 0 Å². The molecule has 4 heteroatoms. The average Bonchev–Trinajstić information content (AvgIpc) is 2.14. The van der Waals surface area contributed by atoms with Crippen LogP contribution in [0.1, 0.15) is 0 Å². The van der Waals surface area contributed by atoms with E-state index >= 15 is 0 Å². The number of rotatable bonds is 5. The molecule has 0 aromatic carbocycles. The molecule has 0 saturated carbocycles. The maximum Gasteiger partial charge on any atom is 0.106 e. The van der Waals surface area contributed by atoms with Gasteiger partial charge in [-0.25, -0.2) is 5.11 Å². The van der Waals surface area contributed by atoms with E-state index in [-0.39, 0.29) is 6.61 Å². The van der Waals surface area contributed by atoms with Crippen LogP contribution in [-0.2, 0) is 14.6 Å². The second-order valence-corrected chi connectivity index (χ2v) is 2.77. The van der Waals surface area contributed by atoms with E-state index in [0.717, 1.165) is 32.8 Å². The molecule has 1 aliphatic heterocycles. The van der Waals surface area contributed by atoms with Gasteiger partial charge < -0.3 is 9.47 Å². The van der Waals surface area contributed by atoms with E-state index < -0.39 is 0 Å². The lowest BCUT2D eigenvalue weighted by molar-refractivity contribution is 0.0110. The lowest BCUT2D eigenvalue weighted by Gasteiger charge is -2.26. The van der Waals surface area contributed by atoms with Gasteiger partial charge in [0.15, 0.2) is 0 Å². The van der Waals surface area contributed by atoms with Crippen molar-refractivity contribution < 1.29 is 14.6 Å². The third-order valence-corrected chi connectivity index (χ3v) is 1.88. The molecule has 1 rings (SSSR count). The summed E-state index contributed by atoms with van der Waals surface area (Å²) in [6, 6.07) is 0. The third kappa shape index (κ3) is 4.01. The molecule has 0 atom stereocenters. The maximum absolute atomic E-state index is 10.0. The van der Waals surface area contributed by atoms with Gasteiger partial charge in [-0.3, -0.25) is 4.90 Å². The summed E-state index contributed by atoms with van der Waals surface area (Å²) in [5, 5.41) is 10.0. The molecule has 0 spiro atoms. The van der Waals surface area contributed by atoms with E-state index in [1.54, 1.807) is 0 Å². The van der Waals surface area contributed by atoms with Gasteiger partial charge in [0.1, 0.15) is 6.61 Å². The van der Waals surface area contributed by atoms with Crippen molar-refractivity contribution in [2.75, 3.05) is 52.7 Å². The molecule has 1 heterocycles. The van der Waals surface area contributed by atoms with E-state index in [4.69, 9.17) is 9.47 Å². The number of hydrogen-bond acceptors (Lipinski definition) is 3. The van der Waals surface area contributed by atoms with Gasteiger partial charge >= 0.3 is 0 Å². The smallest absolute Gasteiger partial charge is 0.106 e. The Bertz CT molecular complexity index is 104. The lowest BCUT2D eigenvalue weighted by atomic mass is 10.4. The minimum absolute atomic E-state index is 0.136. The summed E-state index contributed by atoms with van der Waals surface area (Å²) in [6.07, 6.45) is 0. The van der Waals surface area contributed by atoms with Crippen LogP contribution in [0.4, 0.5) is 0 Å². The zero-order valence-electron chi connectivity index (χ0n) is 7.33. The van der Waals surface area contributed by atoms with Gasteiger partial charge in [-0.1, -0.05) is 0 Å². The number of nitrogens with zero attached hydrogens (tertiary/aromatic N) is 1. The Balaban J connectivity index is 1.91. The molecule has 1 saturated heterocycles. The highest BCUT2D eigenvalue weighted by Crippen LogP contribution is 1.95. The van der Waals surface area contributed by atoms with Gasteiger partial charge in [0.05, 0.1) is 26.4 Å². The normalized spacial score (nSPS) is 19.8. The molecule has 0 aromatic heterocycles. The summed E-state index contributed by atoms with van der Waals surface area (Å²) in [6.45, 7) is 5.41. The van der Waals surface area contributed by atoms with Crippen molar-refractivity contribution in [2.45, 2.75) is 0 Å². The first-order valence-corrected chi connectivity index (χ1v) is 4.39. The first-order chi connectivity index (χ1) is 5.93. The van der Waals surface area contributed by atoms with Gasteiger partial charge in [0.2, 0.25) is 0 Å². The fraction of sp³-hybridized carbons (Fsp3) is 1.00. The van der Waals surface area contributed by atoms with Crippen molar-refractivity contribution in [1.29, 1.82) is 0 Å². The second-order valence-electron chi connectivity index (χ2n) is 2.77. The predicted molar refractivity (Wildman–Crippen MR) is 43.6 cm³/mol. The molecular formula is C8H16NO3. The average molecular weight is 174 g/mol. The van der Waals surface area contributed by atoms with Crippen LogP contribution in [0, 0.1) is 0 Å². The Morgan fingerprint density at radius 2 is 2.00 bits per heavy atom. The van der Waals surface area contributed by atoms with Crippen molar-refractivity contribution in [3.05, 3.63) is 0 Å². The highest BCUT2D eigenvalue weighted by atomic mass is 16.5. The van der Waals surface area contributed by atoms with Gasteiger partial charge in [0.25, 0.3) is 0 Å². The van der Waals surface area contributed by atoms with Crippen LogP contribution in [0.25, 0.3) is 0 Å². The highest BCUT2D eigenvalue weighted by Gasteiger charge is 2.08. The molecule has 0 unspecified atom stereocenters. The lowest BCUT2D eigenvalue weighted by Crippen LogP contribution is -2.38. The molecule has 12 heavy (non-hydrogen) atoms. The molecule has 0 aliphatic carbocycles. The van der Waals surface area contributed by atoms with Gasteiger partial charge in [0, 0.05) is 19.6 Å². The maximum atomic E-state index is 10.0. The number of morpholine rings is 1. The predicted octanol–water partition coefficient (Wildman–Crippen LogP) is -0.234. The van der Waals surface area contributed by atoms with E-state index in [1.165, 1.54) is 0 Å². The number of ether oxygens (including phenoxy) is 2. The van der Waals surface area contributed by atoms with E-state index in [1.807, 2.05) is 0 Å². The van der Waals surface area contributed by atoms with Crippen LogP contribution in [0.2, 0.25) is 0 Å². The summed E-state index contributed by atoms with van der Waals surface area (Å²) in [4.78, 5) is 2.29. The first-order valence-electron chi connectivity index (χ1n) is 4.39. The molecular weight excluding hydrogens is 158 g/mol. The second kappa shape index (κ2) is 6.37.